The summed E-state index contributed by atoms with van der Waals surface area (Å²) < 4.78 is 26.6. The first-order valence-corrected chi connectivity index (χ1v) is 7.22. The highest BCUT2D eigenvalue weighted by atomic mass is 32.2. The lowest BCUT2D eigenvalue weighted by Gasteiger charge is -2.01. The lowest BCUT2D eigenvalue weighted by molar-refractivity contribution is 0.583. The monoisotopic (exact) mass is 246 g/mol. The number of hydrogen-bond acceptors (Lipinski definition) is 4. The summed E-state index contributed by atoms with van der Waals surface area (Å²) in [5.74, 6) is 0. The predicted octanol–water partition coefficient (Wildman–Crippen LogP) is 0.908. The summed E-state index contributed by atoms with van der Waals surface area (Å²) in [6.07, 6.45) is 1.93. The van der Waals surface area contributed by atoms with Crippen LogP contribution in [0.15, 0.2) is 15.7 Å². The van der Waals surface area contributed by atoms with E-state index in [-0.39, 0.29) is 6.04 Å². The minimum absolute atomic E-state index is 0.171. The predicted molar refractivity (Wildman–Crippen MR) is 60.4 cm³/mol. The first-order chi connectivity index (χ1) is 7.12. The van der Waals surface area contributed by atoms with Crippen LogP contribution in [0.5, 0.6) is 0 Å². The van der Waals surface area contributed by atoms with Gasteiger partial charge in [0.2, 0.25) is 10.0 Å². The average molecular weight is 246 g/mol. The van der Waals surface area contributed by atoms with Crippen molar-refractivity contribution >= 4 is 21.4 Å². The maximum Gasteiger partial charge on any atom is 0.250 e. The van der Waals surface area contributed by atoms with E-state index in [0.29, 0.717) is 10.8 Å². The smallest absolute Gasteiger partial charge is 0.250 e. The van der Waals surface area contributed by atoms with Crippen molar-refractivity contribution in [2.24, 2.45) is 0 Å². The fourth-order valence-electron chi connectivity index (χ4n) is 1.27. The standard InChI is InChI=1S/C9H14N2O2S2/c1-10-5-7-4-9(14-6-7)15(12,13)11-8-2-3-8/h4,6,8,10-11H,2-3,5H2,1H3. The molecule has 0 unspecified atom stereocenters. The Kier molecular flexibility index (Phi) is 3.11. The molecule has 0 saturated heterocycles. The molecule has 15 heavy (non-hydrogen) atoms. The van der Waals surface area contributed by atoms with E-state index in [1.807, 2.05) is 12.4 Å². The van der Waals surface area contributed by atoms with Gasteiger partial charge in [-0.25, -0.2) is 13.1 Å². The van der Waals surface area contributed by atoms with Crippen LogP contribution < -0.4 is 10.0 Å². The van der Waals surface area contributed by atoms with Crippen LogP contribution in [-0.4, -0.2) is 21.5 Å². The molecule has 2 N–H and O–H groups in total. The third-order valence-corrected chi connectivity index (χ3v) is 5.18. The van der Waals surface area contributed by atoms with Gasteiger partial charge in [-0.2, -0.15) is 0 Å². The van der Waals surface area contributed by atoms with Crippen molar-refractivity contribution in [2.75, 3.05) is 7.05 Å². The van der Waals surface area contributed by atoms with E-state index in [9.17, 15) is 8.42 Å². The van der Waals surface area contributed by atoms with Gasteiger partial charge in [-0.1, -0.05) is 0 Å². The molecule has 6 heteroatoms. The molecule has 2 rings (SSSR count). The van der Waals surface area contributed by atoms with Crippen molar-refractivity contribution in [2.45, 2.75) is 29.6 Å². The third kappa shape index (κ3) is 2.78. The fraction of sp³-hybridized carbons (Fsp3) is 0.556. The first kappa shape index (κ1) is 11.1. The zero-order valence-electron chi connectivity index (χ0n) is 8.49. The van der Waals surface area contributed by atoms with E-state index in [2.05, 4.69) is 10.0 Å². The summed E-state index contributed by atoms with van der Waals surface area (Å²) in [5, 5.41) is 4.87. The van der Waals surface area contributed by atoms with Crippen LogP contribution in [0.3, 0.4) is 0 Å². The topological polar surface area (TPSA) is 58.2 Å². The minimum Gasteiger partial charge on any atom is -0.316 e. The van der Waals surface area contributed by atoms with Crippen LogP contribution in [0.25, 0.3) is 0 Å². The second kappa shape index (κ2) is 4.21. The van der Waals surface area contributed by atoms with Gasteiger partial charge in [-0.15, -0.1) is 11.3 Å². The van der Waals surface area contributed by atoms with Crippen LogP contribution in [0.4, 0.5) is 0 Å². The quantitative estimate of drug-likeness (QED) is 0.812. The molecule has 1 aliphatic carbocycles. The van der Waals surface area contributed by atoms with Gasteiger partial charge < -0.3 is 5.32 Å². The molecule has 0 bridgehead atoms. The Morgan fingerprint density at radius 1 is 1.53 bits per heavy atom. The van der Waals surface area contributed by atoms with Crippen LogP contribution in [0.1, 0.15) is 18.4 Å². The summed E-state index contributed by atoms with van der Waals surface area (Å²) in [7, 11) is -1.41. The maximum atomic E-state index is 11.8. The van der Waals surface area contributed by atoms with Gasteiger partial charge in [-0.3, -0.25) is 0 Å². The van der Waals surface area contributed by atoms with Crippen molar-refractivity contribution in [3.63, 3.8) is 0 Å². The highest BCUT2D eigenvalue weighted by molar-refractivity contribution is 7.91. The first-order valence-electron chi connectivity index (χ1n) is 4.86. The molecule has 1 aliphatic rings. The lowest BCUT2D eigenvalue weighted by Crippen LogP contribution is -2.24. The largest absolute Gasteiger partial charge is 0.316 e. The van der Waals surface area contributed by atoms with Crippen molar-refractivity contribution < 1.29 is 8.42 Å². The molecule has 0 aliphatic heterocycles. The van der Waals surface area contributed by atoms with Crippen LogP contribution in [-0.2, 0) is 16.6 Å². The molecular weight excluding hydrogens is 232 g/mol. The van der Waals surface area contributed by atoms with E-state index < -0.39 is 10.0 Å². The molecule has 1 fully saturated rings. The van der Waals surface area contributed by atoms with Crippen LogP contribution in [0.2, 0.25) is 0 Å². The Labute approximate surface area is 93.8 Å². The van der Waals surface area contributed by atoms with E-state index >= 15 is 0 Å². The summed E-state index contributed by atoms with van der Waals surface area (Å²) in [6, 6.07) is 1.90. The number of nitrogens with one attached hydrogen (secondary N) is 2. The van der Waals surface area contributed by atoms with Gasteiger partial charge in [0.05, 0.1) is 0 Å². The SMILES string of the molecule is CNCc1csc(S(=O)(=O)NC2CC2)c1. The molecule has 0 atom stereocenters. The van der Waals surface area contributed by atoms with Gasteiger partial charge >= 0.3 is 0 Å². The molecule has 0 aromatic carbocycles. The Morgan fingerprint density at radius 2 is 2.27 bits per heavy atom. The van der Waals surface area contributed by atoms with Gasteiger partial charge in [0, 0.05) is 12.6 Å². The highest BCUT2D eigenvalue weighted by Crippen LogP contribution is 2.25. The summed E-state index contributed by atoms with van der Waals surface area (Å²) in [4.78, 5) is 0. The Balaban J connectivity index is 2.12. The summed E-state index contributed by atoms with van der Waals surface area (Å²) >= 11 is 1.28. The van der Waals surface area contributed by atoms with Gasteiger partial charge in [0.15, 0.2) is 0 Å². The highest BCUT2D eigenvalue weighted by Gasteiger charge is 2.28. The Morgan fingerprint density at radius 3 is 2.87 bits per heavy atom. The van der Waals surface area contributed by atoms with Crippen molar-refractivity contribution in [1.29, 1.82) is 0 Å². The molecule has 0 radical (unpaired) electrons. The number of hydrogen-bond donors (Lipinski definition) is 2. The normalized spacial score (nSPS) is 16.9. The van der Waals surface area contributed by atoms with Crippen LogP contribution in [0, 0.1) is 0 Å². The van der Waals surface area contributed by atoms with E-state index in [4.69, 9.17) is 0 Å². The van der Waals surface area contributed by atoms with Gasteiger partial charge in [0.1, 0.15) is 4.21 Å². The van der Waals surface area contributed by atoms with Gasteiger partial charge in [0.25, 0.3) is 0 Å². The molecule has 1 saturated carbocycles. The third-order valence-electron chi connectivity index (χ3n) is 2.17. The van der Waals surface area contributed by atoms with Crippen molar-refractivity contribution in [1.82, 2.24) is 10.0 Å². The molecule has 84 valence electrons. The molecule has 1 aromatic rings. The molecular formula is C9H14N2O2S2. The van der Waals surface area contributed by atoms with Gasteiger partial charge in [-0.05, 0) is 36.9 Å². The molecule has 0 amide bonds. The zero-order valence-corrected chi connectivity index (χ0v) is 10.1. The fourth-order valence-corrected chi connectivity index (χ4v) is 3.80. The van der Waals surface area contributed by atoms with Crippen LogP contribution >= 0.6 is 11.3 Å². The molecule has 1 aromatic heterocycles. The molecule has 0 spiro atoms. The van der Waals surface area contributed by atoms with E-state index in [0.717, 1.165) is 18.4 Å². The molecule has 4 nitrogen and oxygen atoms in total. The lowest BCUT2D eigenvalue weighted by atomic mass is 10.3. The van der Waals surface area contributed by atoms with E-state index in [1.54, 1.807) is 6.07 Å². The second-order valence-corrected chi connectivity index (χ2v) is 6.55. The average Bonchev–Trinajstić information content (AvgIpc) is 2.82. The summed E-state index contributed by atoms with van der Waals surface area (Å²) in [6.45, 7) is 0.704. The summed E-state index contributed by atoms with van der Waals surface area (Å²) in [5.41, 5.74) is 1.01. The van der Waals surface area contributed by atoms with Crippen molar-refractivity contribution in [3.05, 3.63) is 17.0 Å². The minimum atomic E-state index is -3.25. The van der Waals surface area contributed by atoms with Crippen molar-refractivity contribution in [3.8, 4) is 0 Å². The maximum absolute atomic E-state index is 11.8. The molecule has 1 heterocycles. The Bertz CT molecular complexity index is 435. The number of sulfonamides is 1. The Hall–Kier alpha value is -0.430. The van der Waals surface area contributed by atoms with E-state index in [1.165, 1.54) is 11.3 Å². The number of thiophene rings is 1. The second-order valence-electron chi connectivity index (χ2n) is 3.70. The number of rotatable bonds is 5. The zero-order chi connectivity index (χ0) is 10.9.